The number of carbonyl (C=O) groups excluding carboxylic acids is 1. The van der Waals surface area contributed by atoms with Gasteiger partial charge in [0.15, 0.2) is 0 Å². The highest BCUT2D eigenvalue weighted by Gasteiger charge is 2.24. The van der Waals surface area contributed by atoms with Crippen LogP contribution in [0.4, 0.5) is 0 Å². The molecule has 0 spiro atoms. The standard InChI is InChI=1S/C19H31N3O3S.ClH/c1-3-14(2)22-26(24,25)17-11-9-16(10-12-17)19(23)21-18(13-20)15-7-5-4-6-8-15;/h9-12,14-15,18,22H,3-8,13,20H2,1-2H3,(H,21,23);1H. The van der Waals surface area contributed by atoms with E-state index in [0.717, 1.165) is 12.8 Å². The van der Waals surface area contributed by atoms with Crippen LogP contribution in [-0.4, -0.2) is 33.0 Å². The third-order valence-corrected chi connectivity index (χ3v) is 6.79. The summed E-state index contributed by atoms with van der Waals surface area (Å²) in [5, 5.41) is 3.02. The van der Waals surface area contributed by atoms with Gasteiger partial charge in [-0.3, -0.25) is 4.79 Å². The zero-order valence-electron chi connectivity index (χ0n) is 16.1. The summed E-state index contributed by atoms with van der Waals surface area (Å²) in [5.41, 5.74) is 6.31. The van der Waals surface area contributed by atoms with Gasteiger partial charge in [0.1, 0.15) is 0 Å². The summed E-state index contributed by atoms with van der Waals surface area (Å²) in [6, 6.07) is 5.88. The molecule has 1 amide bonds. The molecule has 154 valence electrons. The zero-order chi connectivity index (χ0) is 19.2. The molecule has 2 rings (SSSR count). The van der Waals surface area contributed by atoms with E-state index in [2.05, 4.69) is 10.0 Å². The van der Waals surface area contributed by atoms with Gasteiger partial charge in [0.2, 0.25) is 10.0 Å². The van der Waals surface area contributed by atoms with Crippen molar-refractivity contribution >= 4 is 28.3 Å². The Kier molecular flexibility index (Phi) is 9.73. The van der Waals surface area contributed by atoms with Gasteiger partial charge < -0.3 is 11.1 Å². The van der Waals surface area contributed by atoms with Crippen LogP contribution in [0.15, 0.2) is 29.2 Å². The van der Waals surface area contributed by atoms with Crippen LogP contribution in [0.25, 0.3) is 0 Å². The van der Waals surface area contributed by atoms with E-state index in [1.807, 2.05) is 13.8 Å². The highest BCUT2D eigenvalue weighted by molar-refractivity contribution is 7.89. The number of carbonyl (C=O) groups is 1. The molecule has 0 bridgehead atoms. The first-order valence-corrected chi connectivity index (χ1v) is 11.0. The first kappa shape index (κ1) is 23.9. The third kappa shape index (κ3) is 6.75. The smallest absolute Gasteiger partial charge is 0.251 e. The number of nitrogens with one attached hydrogen (secondary N) is 2. The van der Waals surface area contributed by atoms with Crippen molar-refractivity contribution in [3.05, 3.63) is 29.8 Å². The lowest BCUT2D eigenvalue weighted by Crippen LogP contribution is -2.45. The quantitative estimate of drug-likeness (QED) is 0.605. The zero-order valence-corrected chi connectivity index (χ0v) is 17.7. The van der Waals surface area contributed by atoms with Crippen LogP contribution in [-0.2, 0) is 10.0 Å². The number of sulfonamides is 1. The fourth-order valence-electron chi connectivity index (χ4n) is 3.36. The first-order chi connectivity index (χ1) is 12.4. The highest BCUT2D eigenvalue weighted by Crippen LogP contribution is 2.26. The van der Waals surface area contributed by atoms with Crippen molar-refractivity contribution in [3.63, 3.8) is 0 Å². The minimum Gasteiger partial charge on any atom is -0.348 e. The van der Waals surface area contributed by atoms with Gasteiger partial charge in [-0.1, -0.05) is 26.2 Å². The Morgan fingerprint density at radius 2 is 1.78 bits per heavy atom. The molecular weight excluding hydrogens is 386 g/mol. The molecular formula is C19H32ClN3O3S. The second-order valence-corrected chi connectivity index (χ2v) is 8.88. The van der Waals surface area contributed by atoms with Crippen molar-refractivity contribution < 1.29 is 13.2 Å². The Balaban J connectivity index is 0.00000364. The minimum absolute atomic E-state index is 0. The summed E-state index contributed by atoms with van der Waals surface area (Å²) in [7, 11) is -3.56. The fourth-order valence-corrected chi connectivity index (χ4v) is 4.69. The van der Waals surface area contributed by atoms with E-state index in [1.165, 1.54) is 31.4 Å². The molecule has 1 aromatic rings. The van der Waals surface area contributed by atoms with E-state index in [9.17, 15) is 13.2 Å². The van der Waals surface area contributed by atoms with Crippen molar-refractivity contribution in [2.24, 2.45) is 11.7 Å². The van der Waals surface area contributed by atoms with E-state index in [0.29, 0.717) is 24.4 Å². The van der Waals surface area contributed by atoms with Crippen LogP contribution in [0.3, 0.4) is 0 Å². The number of benzene rings is 1. The number of hydrogen-bond donors (Lipinski definition) is 3. The average Bonchev–Trinajstić information content (AvgIpc) is 2.66. The average molecular weight is 418 g/mol. The molecule has 1 aliphatic rings. The van der Waals surface area contributed by atoms with Gasteiger partial charge in [0.25, 0.3) is 5.91 Å². The van der Waals surface area contributed by atoms with Gasteiger partial charge in [-0.15, -0.1) is 12.4 Å². The molecule has 0 aliphatic heterocycles. The molecule has 0 saturated heterocycles. The van der Waals surface area contributed by atoms with E-state index in [4.69, 9.17) is 5.73 Å². The molecule has 1 aliphatic carbocycles. The molecule has 0 aromatic heterocycles. The fraction of sp³-hybridized carbons (Fsp3) is 0.632. The second-order valence-electron chi connectivity index (χ2n) is 7.17. The van der Waals surface area contributed by atoms with Crippen molar-refractivity contribution in [1.82, 2.24) is 10.0 Å². The predicted octanol–water partition coefficient (Wildman–Crippen LogP) is 2.82. The molecule has 1 fully saturated rings. The second kappa shape index (κ2) is 11.0. The number of halogens is 1. The third-order valence-electron chi connectivity index (χ3n) is 5.18. The van der Waals surface area contributed by atoms with Crippen LogP contribution in [0, 0.1) is 5.92 Å². The van der Waals surface area contributed by atoms with E-state index in [-0.39, 0.29) is 35.3 Å². The maximum Gasteiger partial charge on any atom is 0.251 e. The largest absolute Gasteiger partial charge is 0.348 e. The normalized spacial score (nSPS) is 17.6. The number of hydrogen-bond acceptors (Lipinski definition) is 4. The first-order valence-electron chi connectivity index (χ1n) is 9.50. The Bertz CT molecular complexity index is 689. The SMILES string of the molecule is CCC(C)NS(=O)(=O)c1ccc(C(=O)NC(CN)C2CCCCC2)cc1.Cl. The summed E-state index contributed by atoms with van der Waals surface area (Å²) in [4.78, 5) is 12.7. The molecule has 4 N–H and O–H groups in total. The molecule has 2 atom stereocenters. The van der Waals surface area contributed by atoms with Crippen LogP contribution in [0.5, 0.6) is 0 Å². The summed E-state index contributed by atoms with van der Waals surface area (Å²) in [6.07, 6.45) is 6.53. The number of amides is 1. The molecule has 0 heterocycles. The van der Waals surface area contributed by atoms with Crippen LogP contribution >= 0.6 is 12.4 Å². The molecule has 0 radical (unpaired) electrons. The van der Waals surface area contributed by atoms with Gasteiger partial charge in [-0.2, -0.15) is 0 Å². The number of nitrogens with two attached hydrogens (primary N) is 1. The van der Waals surface area contributed by atoms with Crippen molar-refractivity contribution in [3.8, 4) is 0 Å². The van der Waals surface area contributed by atoms with Crippen LogP contribution in [0.1, 0.15) is 62.7 Å². The van der Waals surface area contributed by atoms with Gasteiger partial charge in [-0.25, -0.2) is 13.1 Å². The summed E-state index contributed by atoms with van der Waals surface area (Å²) >= 11 is 0. The predicted molar refractivity (Wildman–Crippen MR) is 111 cm³/mol. The highest BCUT2D eigenvalue weighted by atomic mass is 35.5. The Labute approximate surface area is 169 Å². The van der Waals surface area contributed by atoms with Crippen LogP contribution in [0.2, 0.25) is 0 Å². The van der Waals surface area contributed by atoms with Gasteiger partial charge in [0, 0.05) is 24.2 Å². The molecule has 27 heavy (non-hydrogen) atoms. The Morgan fingerprint density at radius 1 is 1.19 bits per heavy atom. The minimum atomic E-state index is -3.56. The van der Waals surface area contributed by atoms with Gasteiger partial charge in [-0.05, 0) is 56.4 Å². The lowest BCUT2D eigenvalue weighted by molar-refractivity contribution is 0.0915. The Morgan fingerprint density at radius 3 is 2.30 bits per heavy atom. The lowest BCUT2D eigenvalue weighted by atomic mass is 9.84. The van der Waals surface area contributed by atoms with E-state index in [1.54, 1.807) is 12.1 Å². The number of rotatable bonds is 8. The van der Waals surface area contributed by atoms with Crippen molar-refractivity contribution in [1.29, 1.82) is 0 Å². The maximum absolute atomic E-state index is 12.5. The van der Waals surface area contributed by atoms with Crippen LogP contribution < -0.4 is 15.8 Å². The molecule has 1 saturated carbocycles. The molecule has 2 unspecified atom stereocenters. The van der Waals surface area contributed by atoms with Gasteiger partial charge in [0.05, 0.1) is 4.90 Å². The molecule has 6 nitrogen and oxygen atoms in total. The van der Waals surface area contributed by atoms with E-state index >= 15 is 0 Å². The molecule has 1 aromatic carbocycles. The van der Waals surface area contributed by atoms with Gasteiger partial charge >= 0.3 is 0 Å². The summed E-state index contributed by atoms with van der Waals surface area (Å²) < 4.78 is 27.2. The summed E-state index contributed by atoms with van der Waals surface area (Å²) in [6.45, 7) is 4.15. The Hall–Kier alpha value is -1.15. The summed E-state index contributed by atoms with van der Waals surface area (Å²) in [5.74, 6) is 0.224. The lowest BCUT2D eigenvalue weighted by Gasteiger charge is -2.30. The monoisotopic (exact) mass is 417 g/mol. The maximum atomic E-state index is 12.5. The topological polar surface area (TPSA) is 101 Å². The van der Waals surface area contributed by atoms with Crippen molar-refractivity contribution in [2.45, 2.75) is 69.4 Å². The van der Waals surface area contributed by atoms with Crippen molar-refractivity contribution in [2.75, 3.05) is 6.54 Å². The van der Waals surface area contributed by atoms with E-state index < -0.39 is 10.0 Å². The molecule has 8 heteroatoms.